The Morgan fingerprint density at radius 1 is 1.09 bits per heavy atom. The number of rotatable bonds is 6. The van der Waals surface area contributed by atoms with Crippen molar-refractivity contribution in [1.82, 2.24) is 9.66 Å². The summed E-state index contributed by atoms with van der Waals surface area (Å²) in [6.07, 6.45) is 1.46. The molecular formula is C24H19Cl2N3O3. The zero-order valence-electron chi connectivity index (χ0n) is 17.4. The maximum Gasteiger partial charge on any atom is 0.282 e. The van der Waals surface area contributed by atoms with Crippen LogP contribution in [0.4, 0.5) is 0 Å². The first-order valence-corrected chi connectivity index (χ1v) is 10.5. The van der Waals surface area contributed by atoms with Gasteiger partial charge in [-0.2, -0.15) is 9.78 Å². The summed E-state index contributed by atoms with van der Waals surface area (Å²) in [6.45, 7) is 2.00. The minimum absolute atomic E-state index is 0.0513. The van der Waals surface area contributed by atoms with Crippen molar-refractivity contribution in [3.8, 4) is 11.5 Å². The third-order valence-electron chi connectivity index (χ3n) is 4.82. The molecule has 0 N–H and O–H groups in total. The van der Waals surface area contributed by atoms with Crippen molar-refractivity contribution < 1.29 is 9.47 Å². The fourth-order valence-corrected chi connectivity index (χ4v) is 3.84. The highest BCUT2D eigenvalue weighted by Crippen LogP contribution is 2.31. The molecule has 0 aliphatic rings. The number of ether oxygens (including phenoxy) is 2. The highest BCUT2D eigenvalue weighted by atomic mass is 35.5. The van der Waals surface area contributed by atoms with Gasteiger partial charge in [-0.05, 0) is 42.8 Å². The zero-order chi connectivity index (χ0) is 22.7. The molecule has 6 nitrogen and oxygen atoms in total. The smallest absolute Gasteiger partial charge is 0.282 e. The van der Waals surface area contributed by atoms with Crippen LogP contribution in [0.5, 0.6) is 11.5 Å². The molecule has 0 aliphatic heterocycles. The Balaban J connectivity index is 1.80. The Morgan fingerprint density at radius 2 is 1.84 bits per heavy atom. The summed E-state index contributed by atoms with van der Waals surface area (Å²) in [7, 11) is 1.50. The maximum atomic E-state index is 13.2. The molecule has 0 amide bonds. The van der Waals surface area contributed by atoms with Gasteiger partial charge in [0, 0.05) is 10.6 Å². The largest absolute Gasteiger partial charge is 0.495 e. The molecule has 0 saturated carbocycles. The van der Waals surface area contributed by atoms with Gasteiger partial charge in [0.05, 0.1) is 29.2 Å². The topological polar surface area (TPSA) is 65.7 Å². The van der Waals surface area contributed by atoms with E-state index in [9.17, 15) is 4.79 Å². The molecule has 0 fully saturated rings. The molecule has 0 bridgehead atoms. The molecule has 0 spiro atoms. The van der Waals surface area contributed by atoms with Gasteiger partial charge in [0.25, 0.3) is 5.56 Å². The lowest BCUT2D eigenvalue weighted by atomic mass is 10.2. The standard InChI is InChI=1S/C24H19Cl2N3O3/c1-15-7-3-6-10-21(15)32-14-22-28-20-9-5-4-8-18(20)24(30)29(22)27-13-16-11-17(25)12-19(26)23(16)31-2/h3-13H,14H2,1-2H3. The predicted molar refractivity (Wildman–Crippen MR) is 128 cm³/mol. The van der Waals surface area contributed by atoms with Gasteiger partial charge >= 0.3 is 0 Å². The van der Waals surface area contributed by atoms with Crippen LogP contribution in [-0.2, 0) is 6.61 Å². The van der Waals surface area contributed by atoms with Gasteiger partial charge in [-0.15, -0.1) is 0 Å². The molecule has 4 rings (SSSR count). The molecule has 0 radical (unpaired) electrons. The van der Waals surface area contributed by atoms with Gasteiger partial charge < -0.3 is 9.47 Å². The van der Waals surface area contributed by atoms with Crippen molar-refractivity contribution >= 4 is 40.3 Å². The van der Waals surface area contributed by atoms with E-state index in [1.807, 2.05) is 37.3 Å². The summed E-state index contributed by atoms with van der Waals surface area (Å²) in [5.74, 6) is 1.45. The molecule has 32 heavy (non-hydrogen) atoms. The summed E-state index contributed by atoms with van der Waals surface area (Å²) in [6, 6.07) is 17.9. The van der Waals surface area contributed by atoms with Crippen LogP contribution < -0.4 is 15.0 Å². The second-order valence-corrected chi connectivity index (χ2v) is 7.81. The molecule has 1 aromatic heterocycles. The van der Waals surface area contributed by atoms with Crippen molar-refractivity contribution in [2.45, 2.75) is 13.5 Å². The van der Waals surface area contributed by atoms with Gasteiger partial charge in [0.15, 0.2) is 5.82 Å². The number of para-hydroxylation sites is 2. The number of aromatic nitrogens is 2. The normalized spacial score (nSPS) is 11.2. The molecule has 0 atom stereocenters. The average molecular weight is 468 g/mol. The molecule has 0 unspecified atom stereocenters. The minimum atomic E-state index is -0.317. The summed E-state index contributed by atoms with van der Waals surface area (Å²) in [5, 5.41) is 5.60. The first-order chi connectivity index (χ1) is 15.5. The van der Waals surface area contributed by atoms with E-state index in [2.05, 4.69) is 10.1 Å². The van der Waals surface area contributed by atoms with E-state index >= 15 is 0 Å². The number of hydrogen-bond acceptors (Lipinski definition) is 5. The van der Waals surface area contributed by atoms with Crippen LogP contribution in [0.3, 0.4) is 0 Å². The Bertz CT molecular complexity index is 1380. The van der Waals surface area contributed by atoms with E-state index in [0.29, 0.717) is 43.8 Å². The van der Waals surface area contributed by atoms with Gasteiger partial charge in [-0.3, -0.25) is 4.79 Å². The van der Waals surface area contributed by atoms with E-state index in [0.717, 1.165) is 5.56 Å². The van der Waals surface area contributed by atoms with E-state index in [4.69, 9.17) is 32.7 Å². The lowest BCUT2D eigenvalue weighted by molar-refractivity contribution is 0.287. The molecule has 0 saturated heterocycles. The van der Waals surface area contributed by atoms with E-state index in [-0.39, 0.29) is 12.2 Å². The average Bonchev–Trinajstić information content (AvgIpc) is 2.78. The highest BCUT2D eigenvalue weighted by molar-refractivity contribution is 6.36. The molecule has 8 heteroatoms. The number of halogens is 2. The first kappa shape index (κ1) is 21.9. The number of fused-ring (bicyclic) bond motifs is 1. The lowest BCUT2D eigenvalue weighted by Crippen LogP contribution is -2.23. The Labute approximate surface area is 194 Å². The van der Waals surface area contributed by atoms with Crippen molar-refractivity contribution in [3.63, 3.8) is 0 Å². The number of benzene rings is 3. The van der Waals surface area contributed by atoms with Crippen LogP contribution in [0.15, 0.2) is 70.6 Å². The molecule has 3 aromatic carbocycles. The Hall–Kier alpha value is -3.35. The minimum Gasteiger partial charge on any atom is -0.495 e. The van der Waals surface area contributed by atoms with Crippen molar-refractivity contribution in [3.05, 3.63) is 98.0 Å². The van der Waals surface area contributed by atoms with Crippen molar-refractivity contribution in [2.24, 2.45) is 5.10 Å². The monoisotopic (exact) mass is 467 g/mol. The first-order valence-electron chi connectivity index (χ1n) is 9.74. The number of methoxy groups -OCH3 is 1. The highest BCUT2D eigenvalue weighted by Gasteiger charge is 2.13. The summed E-state index contributed by atoms with van der Waals surface area (Å²) < 4.78 is 12.5. The maximum absolute atomic E-state index is 13.2. The quantitative estimate of drug-likeness (QED) is 0.352. The van der Waals surface area contributed by atoms with Gasteiger partial charge in [0.1, 0.15) is 18.1 Å². The van der Waals surface area contributed by atoms with Crippen LogP contribution in [0.25, 0.3) is 10.9 Å². The van der Waals surface area contributed by atoms with Crippen LogP contribution in [0, 0.1) is 6.92 Å². The van der Waals surface area contributed by atoms with Crippen LogP contribution in [0.2, 0.25) is 10.0 Å². The summed E-state index contributed by atoms with van der Waals surface area (Å²) in [4.78, 5) is 17.8. The number of nitrogens with zero attached hydrogens (tertiary/aromatic N) is 3. The van der Waals surface area contributed by atoms with E-state index in [1.165, 1.54) is 18.0 Å². The third-order valence-corrected chi connectivity index (χ3v) is 5.32. The van der Waals surface area contributed by atoms with Crippen molar-refractivity contribution in [2.75, 3.05) is 7.11 Å². The molecule has 0 aliphatic carbocycles. The Morgan fingerprint density at radius 3 is 2.62 bits per heavy atom. The van der Waals surface area contributed by atoms with Gasteiger partial charge in [-0.25, -0.2) is 4.98 Å². The molecule has 1 heterocycles. The third kappa shape index (κ3) is 4.47. The number of aryl methyl sites for hydroxylation is 1. The second-order valence-electron chi connectivity index (χ2n) is 6.97. The number of hydrogen-bond donors (Lipinski definition) is 0. The SMILES string of the molecule is COc1c(Cl)cc(Cl)cc1C=Nn1c(COc2ccccc2C)nc2ccccc2c1=O. The van der Waals surface area contributed by atoms with E-state index < -0.39 is 0 Å². The van der Waals surface area contributed by atoms with Crippen LogP contribution >= 0.6 is 23.2 Å². The van der Waals surface area contributed by atoms with Gasteiger partial charge in [0.2, 0.25) is 0 Å². The predicted octanol–water partition coefficient (Wildman–Crippen LogP) is 5.48. The van der Waals surface area contributed by atoms with Crippen LogP contribution in [-0.4, -0.2) is 23.0 Å². The second kappa shape index (κ2) is 9.42. The zero-order valence-corrected chi connectivity index (χ0v) is 18.9. The molecule has 162 valence electrons. The Kier molecular flexibility index (Phi) is 6.44. The fourth-order valence-electron chi connectivity index (χ4n) is 3.25. The summed E-state index contributed by atoms with van der Waals surface area (Å²) in [5.41, 5.74) is 1.75. The van der Waals surface area contributed by atoms with Crippen molar-refractivity contribution in [1.29, 1.82) is 0 Å². The van der Waals surface area contributed by atoms with Crippen LogP contribution in [0.1, 0.15) is 17.0 Å². The fraction of sp³-hybridized carbons (Fsp3) is 0.125. The van der Waals surface area contributed by atoms with Gasteiger partial charge in [-0.1, -0.05) is 53.5 Å². The molecular weight excluding hydrogens is 449 g/mol. The molecule has 4 aromatic rings. The summed E-state index contributed by atoms with van der Waals surface area (Å²) >= 11 is 12.3. The van der Waals surface area contributed by atoms with E-state index in [1.54, 1.807) is 30.3 Å². The lowest BCUT2D eigenvalue weighted by Gasteiger charge is -2.12.